The van der Waals surface area contributed by atoms with E-state index in [1.54, 1.807) is 6.08 Å². The Morgan fingerprint density at radius 2 is 1.75 bits per heavy atom. The highest BCUT2D eigenvalue weighted by Crippen LogP contribution is 2.23. The molecule has 4 nitrogen and oxygen atoms in total. The summed E-state index contributed by atoms with van der Waals surface area (Å²) in [5.41, 5.74) is 1.96. The minimum absolute atomic E-state index is 0.0765. The van der Waals surface area contributed by atoms with Crippen LogP contribution < -0.4 is 10.6 Å². The van der Waals surface area contributed by atoms with Crippen LogP contribution in [0.2, 0.25) is 0 Å². The molecule has 0 aromatic heterocycles. The van der Waals surface area contributed by atoms with Gasteiger partial charge in [0.1, 0.15) is 6.42 Å². The van der Waals surface area contributed by atoms with E-state index in [4.69, 9.17) is 0 Å². The van der Waals surface area contributed by atoms with Crippen LogP contribution >= 0.6 is 0 Å². The Labute approximate surface area is 120 Å². The van der Waals surface area contributed by atoms with Crippen molar-refractivity contribution in [1.29, 1.82) is 0 Å². The number of rotatable bonds is 5. The standard InChI is InChI=1S/C16H22N2O2/c1-5-10-17-14(19)11-15(20)18-13-8-6-12(7-9-13)16(2,3)4/h5-9H,1,10-11H2,2-4H3,(H,17,19)(H,18,20). The fourth-order valence-corrected chi connectivity index (χ4v) is 1.65. The highest BCUT2D eigenvalue weighted by atomic mass is 16.2. The predicted molar refractivity (Wildman–Crippen MR) is 81.6 cm³/mol. The van der Waals surface area contributed by atoms with Crippen molar-refractivity contribution in [3.05, 3.63) is 42.5 Å². The Hall–Kier alpha value is -2.10. The number of anilines is 1. The van der Waals surface area contributed by atoms with Crippen LogP contribution in [0.25, 0.3) is 0 Å². The van der Waals surface area contributed by atoms with Gasteiger partial charge >= 0.3 is 0 Å². The molecule has 0 aliphatic heterocycles. The lowest BCUT2D eigenvalue weighted by molar-refractivity contribution is -0.126. The van der Waals surface area contributed by atoms with Crippen LogP contribution in [0, 0.1) is 0 Å². The highest BCUT2D eigenvalue weighted by molar-refractivity contribution is 6.03. The maximum Gasteiger partial charge on any atom is 0.233 e. The molecule has 108 valence electrons. The van der Waals surface area contributed by atoms with Crippen molar-refractivity contribution in [3.63, 3.8) is 0 Å². The van der Waals surface area contributed by atoms with E-state index in [0.29, 0.717) is 12.2 Å². The monoisotopic (exact) mass is 274 g/mol. The quantitative estimate of drug-likeness (QED) is 0.640. The molecule has 0 bridgehead atoms. The second-order valence-corrected chi connectivity index (χ2v) is 5.65. The molecule has 1 aromatic carbocycles. The van der Waals surface area contributed by atoms with Crippen molar-refractivity contribution < 1.29 is 9.59 Å². The lowest BCUT2D eigenvalue weighted by Crippen LogP contribution is -2.28. The summed E-state index contributed by atoms with van der Waals surface area (Å²) in [6.45, 7) is 10.2. The van der Waals surface area contributed by atoms with Gasteiger partial charge in [-0.3, -0.25) is 9.59 Å². The van der Waals surface area contributed by atoms with Gasteiger partial charge in [0.25, 0.3) is 0 Å². The van der Waals surface area contributed by atoms with Crippen molar-refractivity contribution in [2.45, 2.75) is 32.6 Å². The molecule has 0 heterocycles. The minimum atomic E-state index is -0.324. The van der Waals surface area contributed by atoms with E-state index in [0.717, 1.165) is 0 Å². The zero-order chi connectivity index (χ0) is 15.2. The maximum atomic E-state index is 11.7. The normalized spacial score (nSPS) is 10.8. The molecule has 2 amide bonds. The van der Waals surface area contributed by atoms with Crippen LogP contribution in [0.1, 0.15) is 32.8 Å². The van der Waals surface area contributed by atoms with Gasteiger partial charge < -0.3 is 10.6 Å². The SMILES string of the molecule is C=CCNC(=O)CC(=O)Nc1ccc(C(C)(C)C)cc1. The molecule has 0 saturated carbocycles. The first-order valence-corrected chi connectivity index (χ1v) is 6.61. The molecule has 0 radical (unpaired) electrons. The Bertz CT molecular complexity index is 484. The Morgan fingerprint density at radius 1 is 1.15 bits per heavy atom. The van der Waals surface area contributed by atoms with E-state index in [-0.39, 0.29) is 23.7 Å². The molecule has 1 aromatic rings. The number of hydrogen-bond acceptors (Lipinski definition) is 2. The van der Waals surface area contributed by atoms with Gasteiger partial charge in [0.15, 0.2) is 0 Å². The molecule has 2 N–H and O–H groups in total. The van der Waals surface area contributed by atoms with E-state index >= 15 is 0 Å². The second kappa shape index (κ2) is 6.89. The van der Waals surface area contributed by atoms with Crippen molar-refractivity contribution >= 4 is 17.5 Å². The summed E-state index contributed by atoms with van der Waals surface area (Å²) in [6.07, 6.45) is 1.38. The van der Waals surface area contributed by atoms with Gasteiger partial charge in [-0.1, -0.05) is 39.0 Å². The van der Waals surface area contributed by atoms with Crippen molar-refractivity contribution in [2.75, 3.05) is 11.9 Å². The first-order chi connectivity index (χ1) is 9.32. The molecule has 0 aliphatic rings. The second-order valence-electron chi connectivity index (χ2n) is 5.65. The molecule has 0 unspecified atom stereocenters. The van der Waals surface area contributed by atoms with Crippen LogP contribution in [0.15, 0.2) is 36.9 Å². The molecular formula is C16H22N2O2. The average Bonchev–Trinajstić information content (AvgIpc) is 2.35. The summed E-state index contributed by atoms with van der Waals surface area (Å²) < 4.78 is 0. The van der Waals surface area contributed by atoms with E-state index in [1.165, 1.54) is 5.56 Å². The predicted octanol–water partition coefficient (Wildman–Crippen LogP) is 2.61. The summed E-state index contributed by atoms with van der Waals surface area (Å²) in [4.78, 5) is 23.0. The summed E-state index contributed by atoms with van der Waals surface area (Å²) in [5, 5.41) is 5.26. The van der Waals surface area contributed by atoms with Crippen molar-refractivity contribution in [3.8, 4) is 0 Å². The number of benzene rings is 1. The van der Waals surface area contributed by atoms with E-state index in [1.807, 2.05) is 24.3 Å². The van der Waals surface area contributed by atoms with Crippen LogP contribution in [-0.2, 0) is 15.0 Å². The number of carbonyl (C=O) groups is 2. The molecule has 0 saturated heterocycles. The van der Waals surface area contributed by atoms with Crippen LogP contribution in [0.4, 0.5) is 5.69 Å². The Morgan fingerprint density at radius 3 is 2.25 bits per heavy atom. The summed E-state index contributed by atoms with van der Waals surface area (Å²) in [5.74, 6) is -0.635. The number of amides is 2. The Kier molecular flexibility index (Phi) is 5.50. The van der Waals surface area contributed by atoms with Crippen LogP contribution in [-0.4, -0.2) is 18.4 Å². The van der Waals surface area contributed by atoms with Crippen molar-refractivity contribution in [2.24, 2.45) is 0 Å². The van der Waals surface area contributed by atoms with E-state index < -0.39 is 0 Å². The van der Waals surface area contributed by atoms with E-state index in [2.05, 4.69) is 38.0 Å². The number of nitrogens with one attached hydrogen (secondary N) is 2. The van der Waals surface area contributed by atoms with Crippen molar-refractivity contribution in [1.82, 2.24) is 5.32 Å². The molecular weight excluding hydrogens is 252 g/mol. The third kappa shape index (κ3) is 5.26. The molecule has 20 heavy (non-hydrogen) atoms. The molecule has 0 spiro atoms. The third-order valence-corrected chi connectivity index (χ3v) is 2.80. The van der Waals surface area contributed by atoms with Gasteiger partial charge in [0, 0.05) is 12.2 Å². The van der Waals surface area contributed by atoms with Gasteiger partial charge in [-0.15, -0.1) is 6.58 Å². The summed E-state index contributed by atoms with van der Waals surface area (Å²) in [7, 11) is 0. The van der Waals surface area contributed by atoms with Crippen LogP contribution in [0.3, 0.4) is 0 Å². The topological polar surface area (TPSA) is 58.2 Å². The molecule has 0 fully saturated rings. The largest absolute Gasteiger partial charge is 0.352 e. The first kappa shape index (κ1) is 16.0. The summed E-state index contributed by atoms with van der Waals surface area (Å²) >= 11 is 0. The number of hydrogen-bond donors (Lipinski definition) is 2. The van der Waals surface area contributed by atoms with E-state index in [9.17, 15) is 9.59 Å². The molecule has 1 rings (SSSR count). The van der Waals surface area contributed by atoms with Gasteiger partial charge in [0.2, 0.25) is 11.8 Å². The highest BCUT2D eigenvalue weighted by Gasteiger charge is 2.13. The minimum Gasteiger partial charge on any atom is -0.352 e. The maximum absolute atomic E-state index is 11.7. The fraction of sp³-hybridized carbons (Fsp3) is 0.375. The smallest absolute Gasteiger partial charge is 0.233 e. The first-order valence-electron chi connectivity index (χ1n) is 6.61. The third-order valence-electron chi connectivity index (χ3n) is 2.80. The molecule has 0 atom stereocenters. The summed E-state index contributed by atoms with van der Waals surface area (Å²) in [6, 6.07) is 7.65. The van der Waals surface area contributed by atoms with Crippen LogP contribution in [0.5, 0.6) is 0 Å². The molecule has 0 aliphatic carbocycles. The average molecular weight is 274 g/mol. The fourth-order valence-electron chi connectivity index (χ4n) is 1.65. The van der Waals surface area contributed by atoms with Gasteiger partial charge in [-0.25, -0.2) is 0 Å². The lowest BCUT2D eigenvalue weighted by Gasteiger charge is -2.19. The Balaban J connectivity index is 2.54. The zero-order valence-corrected chi connectivity index (χ0v) is 12.3. The zero-order valence-electron chi connectivity index (χ0n) is 12.3. The number of carbonyl (C=O) groups excluding carboxylic acids is 2. The van der Waals surface area contributed by atoms with Gasteiger partial charge in [-0.2, -0.15) is 0 Å². The molecule has 4 heteroatoms. The van der Waals surface area contributed by atoms with Gasteiger partial charge in [-0.05, 0) is 23.1 Å². The van der Waals surface area contributed by atoms with Gasteiger partial charge in [0.05, 0.1) is 0 Å². The lowest BCUT2D eigenvalue weighted by atomic mass is 9.87.